The number of amides is 1. The second-order valence-electron chi connectivity index (χ2n) is 6.38. The Balaban J connectivity index is 1.41. The van der Waals surface area contributed by atoms with E-state index in [0.29, 0.717) is 0 Å². The van der Waals surface area contributed by atoms with Gasteiger partial charge in [0.1, 0.15) is 5.75 Å². The van der Waals surface area contributed by atoms with E-state index in [4.69, 9.17) is 4.74 Å². The molecule has 0 radical (unpaired) electrons. The molecule has 23 heavy (non-hydrogen) atoms. The zero-order valence-corrected chi connectivity index (χ0v) is 14.2. The minimum absolute atomic E-state index is 0.0786. The van der Waals surface area contributed by atoms with Gasteiger partial charge in [-0.1, -0.05) is 6.07 Å². The molecule has 1 aromatic carbocycles. The van der Waals surface area contributed by atoms with E-state index in [9.17, 15) is 4.79 Å². The predicted octanol–water partition coefficient (Wildman–Crippen LogP) is 3.76. The molecule has 0 saturated carbocycles. The Morgan fingerprint density at radius 1 is 1.26 bits per heavy atom. The topological polar surface area (TPSA) is 29.5 Å². The lowest BCUT2D eigenvalue weighted by Crippen LogP contribution is -2.40. The molecule has 1 aliphatic carbocycles. The van der Waals surface area contributed by atoms with E-state index >= 15 is 0 Å². The highest BCUT2D eigenvalue weighted by Crippen LogP contribution is 2.33. The van der Waals surface area contributed by atoms with E-state index in [1.807, 2.05) is 11.0 Å². The zero-order chi connectivity index (χ0) is 15.8. The smallest absolute Gasteiger partial charge is 0.261 e. The summed E-state index contributed by atoms with van der Waals surface area (Å²) in [4.78, 5) is 15.9. The van der Waals surface area contributed by atoms with Crippen LogP contribution in [-0.4, -0.2) is 24.0 Å². The van der Waals surface area contributed by atoms with Gasteiger partial charge in [-0.25, -0.2) is 0 Å². The van der Waals surface area contributed by atoms with E-state index in [1.165, 1.54) is 34.4 Å². The fourth-order valence-corrected chi connectivity index (χ4v) is 4.68. The first-order valence-corrected chi connectivity index (χ1v) is 9.20. The quantitative estimate of drug-likeness (QED) is 0.859. The number of benzene rings is 1. The molecular weight excluding hydrogens is 306 g/mol. The first-order valence-electron chi connectivity index (χ1n) is 8.33. The first-order chi connectivity index (χ1) is 11.2. The zero-order valence-electron chi connectivity index (χ0n) is 13.4. The van der Waals surface area contributed by atoms with Crippen molar-refractivity contribution in [2.24, 2.45) is 0 Å². The minimum Gasteiger partial charge on any atom is -0.484 e. The van der Waals surface area contributed by atoms with Gasteiger partial charge in [-0.3, -0.25) is 4.79 Å². The Morgan fingerprint density at radius 2 is 2.13 bits per heavy atom. The average molecular weight is 327 g/mol. The molecule has 2 heterocycles. The standard InChI is InChI=1S/C19H21NO2S/c1-13-17-8-10-23-18(17)7-9-20(13)19(21)12-22-16-6-5-14-3-2-4-15(14)11-16/h5-6,8,10-11,13H,2-4,7,9,12H2,1H3/t13-/m0/s1. The summed E-state index contributed by atoms with van der Waals surface area (Å²) >= 11 is 1.80. The van der Waals surface area contributed by atoms with E-state index in [0.717, 1.165) is 25.1 Å². The van der Waals surface area contributed by atoms with Crippen LogP contribution in [0.5, 0.6) is 5.75 Å². The Morgan fingerprint density at radius 3 is 3.04 bits per heavy atom. The maximum atomic E-state index is 12.6. The Labute approximate surface area is 140 Å². The van der Waals surface area contributed by atoms with E-state index in [-0.39, 0.29) is 18.6 Å². The number of aryl methyl sites for hydroxylation is 2. The van der Waals surface area contributed by atoms with Crippen LogP contribution in [0.4, 0.5) is 0 Å². The van der Waals surface area contributed by atoms with Gasteiger partial charge in [0.25, 0.3) is 5.91 Å². The van der Waals surface area contributed by atoms with Gasteiger partial charge in [0.05, 0.1) is 6.04 Å². The Bertz CT molecular complexity index is 737. The highest BCUT2D eigenvalue weighted by Gasteiger charge is 2.28. The molecule has 0 spiro atoms. The highest BCUT2D eigenvalue weighted by molar-refractivity contribution is 7.10. The van der Waals surface area contributed by atoms with Crippen LogP contribution in [0.3, 0.4) is 0 Å². The maximum absolute atomic E-state index is 12.6. The normalized spacial score (nSPS) is 19.3. The molecule has 1 aliphatic heterocycles. The number of thiophene rings is 1. The second kappa shape index (κ2) is 6.00. The van der Waals surface area contributed by atoms with Crippen molar-refractivity contribution in [1.29, 1.82) is 0 Å². The van der Waals surface area contributed by atoms with Crippen LogP contribution in [0, 0.1) is 0 Å². The number of fused-ring (bicyclic) bond motifs is 2. The van der Waals surface area contributed by atoms with Crippen LogP contribution < -0.4 is 4.74 Å². The molecule has 3 nitrogen and oxygen atoms in total. The average Bonchev–Trinajstić information content (AvgIpc) is 3.21. The monoisotopic (exact) mass is 327 g/mol. The summed E-state index contributed by atoms with van der Waals surface area (Å²) in [6, 6.07) is 8.54. The van der Waals surface area contributed by atoms with Crippen molar-refractivity contribution in [1.82, 2.24) is 4.90 Å². The molecule has 1 amide bonds. The molecule has 120 valence electrons. The molecule has 2 aliphatic rings. The van der Waals surface area contributed by atoms with Crippen molar-refractivity contribution in [3.05, 3.63) is 51.2 Å². The van der Waals surface area contributed by atoms with Crippen LogP contribution >= 0.6 is 11.3 Å². The summed E-state index contributed by atoms with van der Waals surface area (Å²) in [5, 5.41) is 2.12. The van der Waals surface area contributed by atoms with Gasteiger partial charge in [0.2, 0.25) is 0 Å². The van der Waals surface area contributed by atoms with Crippen molar-refractivity contribution < 1.29 is 9.53 Å². The highest BCUT2D eigenvalue weighted by atomic mass is 32.1. The third-order valence-corrected chi connectivity index (χ3v) is 6.03. The number of carbonyl (C=O) groups is 1. The molecule has 0 bridgehead atoms. The number of carbonyl (C=O) groups excluding carboxylic acids is 1. The molecule has 0 unspecified atom stereocenters. The third kappa shape index (κ3) is 2.76. The van der Waals surface area contributed by atoms with Crippen LogP contribution in [0.25, 0.3) is 0 Å². The lowest BCUT2D eigenvalue weighted by Gasteiger charge is -2.33. The van der Waals surface area contributed by atoms with Crippen LogP contribution in [0.15, 0.2) is 29.6 Å². The molecule has 1 aromatic heterocycles. The van der Waals surface area contributed by atoms with Crippen LogP contribution in [0.2, 0.25) is 0 Å². The summed E-state index contributed by atoms with van der Waals surface area (Å²) < 4.78 is 5.78. The summed E-state index contributed by atoms with van der Waals surface area (Å²) in [6.07, 6.45) is 4.49. The van der Waals surface area contributed by atoms with Crippen LogP contribution in [0.1, 0.15) is 41.0 Å². The lowest BCUT2D eigenvalue weighted by molar-refractivity contribution is -0.135. The fraction of sp³-hybridized carbons (Fsp3) is 0.421. The van der Waals surface area contributed by atoms with Crippen molar-refractivity contribution in [3.8, 4) is 5.75 Å². The number of hydrogen-bond donors (Lipinski definition) is 0. The van der Waals surface area contributed by atoms with E-state index < -0.39 is 0 Å². The third-order valence-electron chi connectivity index (χ3n) is 5.03. The SMILES string of the molecule is C[C@H]1c2ccsc2CCN1C(=O)COc1ccc2c(c1)CCC2. The van der Waals surface area contributed by atoms with Gasteiger partial charge in [0, 0.05) is 11.4 Å². The molecule has 0 N–H and O–H groups in total. The van der Waals surface area contributed by atoms with E-state index in [1.54, 1.807) is 11.3 Å². The van der Waals surface area contributed by atoms with Crippen molar-refractivity contribution in [2.45, 2.75) is 38.6 Å². The fourth-order valence-electron chi connectivity index (χ4n) is 3.72. The number of rotatable bonds is 3. The largest absolute Gasteiger partial charge is 0.484 e. The molecule has 0 fully saturated rings. The van der Waals surface area contributed by atoms with E-state index in [2.05, 4.69) is 30.5 Å². The number of hydrogen-bond acceptors (Lipinski definition) is 3. The minimum atomic E-state index is 0.0786. The van der Waals surface area contributed by atoms with Crippen LogP contribution in [-0.2, 0) is 24.1 Å². The molecule has 4 rings (SSSR count). The van der Waals surface area contributed by atoms with Crippen molar-refractivity contribution >= 4 is 17.2 Å². The number of ether oxygens (including phenoxy) is 1. The summed E-state index contributed by atoms with van der Waals surface area (Å²) in [6.45, 7) is 3.03. The predicted molar refractivity (Wildman–Crippen MR) is 92.1 cm³/mol. The Kier molecular flexibility index (Phi) is 3.85. The lowest BCUT2D eigenvalue weighted by atomic mass is 10.0. The van der Waals surface area contributed by atoms with Gasteiger partial charge in [0.15, 0.2) is 6.61 Å². The van der Waals surface area contributed by atoms with Crippen molar-refractivity contribution in [3.63, 3.8) is 0 Å². The molecule has 2 aromatic rings. The summed E-state index contributed by atoms with van der Waals surface area (Å²) in [7, 11) is 0. The number of nitrogens with zero attached hydrogens (tertiary/aromatic N) is 1. The molecule has 0 saturated heterocycles. The van der Waals surface area contributed by atoms with Gasteiger partial charge in [-0.15, -0.1) is 11.3 Å². The maximum Gasteiger partial charge on any atom is 0.261 e. The molecular formula is C19H21NO2S. The van der Waals surface area contributed by atoms with Crippen molar-refractivity contribution in [2.75, 3.05) is 13.2 Å². The van der Waals surface area contributed by atoms with Gasteiger partial charge < -0.3 is 9.64 Å². The van der Waals surface area contributed by atoms with Gasteiger partial charge in [-0.05, 0) is 72.9 Å². The first kappa shape index (κ1) is 14.8. The molecule has 4 heteroatoms. The Hall–Kier alpha value is -1.81. The molecule has 1 atom stereocenters. The summed E-state index contributed by atoms with van der Waals surface area (Å²) in [5.41, 5.74) is 4.11. The second-order valence-corrected chi connectivity index (χ2v) is 7.39. The van der Waals surface area contributed by atoms with Gasteiger partial charge >= 0.3 is 0 Å². The van der Waals surface area contributed by atoms with Gasteiger partial charge in [-0.2, -0.15) is 0 Å². The summed E-state index contributed by atoms with van der Waals surface area (Å²) in [5.74, 6) is 0.898.